The first kappa shape index (κ1) is 11.5. The number of halogens is 3. The molecule has 0 amide bonds. The lowest BCUT2D eigenvalue weighted by Crippen LogP contribution is -2.47. The minimum Gasteiger partial charge on any atom is -0.440 e. The van der Waals surface area contributed by atoms with E-state index in [1.54, 1.807) is 11.0 Å². The molecule has 0 bridgehead atoms. The van der Waals surface area contributed by atoms with Crippen molar-refractivity contribution in [3.8, 4) is 0 Å². The molecule has 2 heterocycles. The molecule has 2 fully saturated rings. The number of cyclic esters (lactones) is 1. The first-order chi connectivity index (χ1) is 6.92. The molecule has 0 aromatic heterocycles. The second kappa shape index (κ2) is 3.52. The molecule has 0 aromatic rings. The van der Waals surface area contributed by atoms with Crippen LogP contribution in [-0.2, 0) is 9.53 Å². The van der Waals surface area contributed by atoms with Gasteiger partial charge in [-0.2, -0.15) is 0 Å². The third-order valence-electron chi connectivity index (χ3n) is 2.94. The van der Waals surface area contributed by atoms with Crippen LogP contribution in [0.4, 0.5) is 0 Å². The molecule has 2 aliphatic rings. The van der Waals surface area contributed by atoms with Gasteiger partial charge >= 0.3 is 5.97 Å². The van der Waals surface area contributed by atoms with Gasteiger partial charge in [0.25, 0.3) is 0 Å². The zero-order chi connectivity index (χ0) is 11.3. The highest BCUT2D eigenvalue weighted by atomic mass is 35.6. The average Bonchev–Trinajstić information content (AvgIpc) is 2.64. The van der Waals surface area contributed by atoms with E-state index in [1.807, 2.05) is 0 Å². The molecule has 15 heavy (non-hydrogen) atoms. The highest BCUT2D eigenvalue weighted by Crippen LogP contribution is 2.46. The molecule has 2 rings (SSSR count). The summed E-state index contributed by atoms with van der Waals surface area (Å²) in [6.07, 6.45) is 2.32. The van der Waals surface area contributed by atoms with Crippen molar-refractivity contribution in [3.05, 3.63) is 12.7 Å². The maximum Gasteiger partial charge on any atom is 0.332 e. The van der Waals surface area contributed by atoms with Gasteiger partial charge < -0.3 is 4.74 Å². The van der Waals surface area contributed by atoms with Crippen molar-refractivity contribution in [1.29, 1.82) is 0 Å². The van der Waals surface area contributed by atoms with Gasteiger partial charge in [-0.15, -0.1) is 6.58 Å². The number of esters is 1. The Morgan fingerprint density at radius 3 is 2.80 bits per heavy atom. The van der Waals surface area contributed by atoms with Crippen molar-refractivity contribution < 1.29 is 9.53 Å². The van der Waals surface area contributed by atoms with Gasteiger partial charge in [-0.05, 0) is 12.8 Å². The molecule has 1 unspecified atom stereocenters. The smallest absolute Gasteiger partial charge is 0.332 e. The highest BCUT2D eigenvalue weighted by molar-refractivity contribution is 6.68. The minimum absolute atomic E-state index is 0.369. The molecular weight excluding hydrogens is 260 g/mol. The summed E-state index contributed by atoms with van der Waals surface area (Å²) >= 11 is 17.3. The van der Waals surface area contributed by atoms with Gasteiger partial charge in [0.2, 0.25) is 10.0 Å². The van der Waals surface area contributed by atoms with Gasteiger partial charge in [0.1, 0.15) is 5.54 Å². The second-order valence-corrected chi connectivity index (χ2v) is 6.09. The summed E-state index contributed by atoms with van der Waals surface area (Å²) in [6.45, 7) is 4.35. The number of hydrogen-bond acceptors (Lipinski definition) is 3. The number of carbonyl (C=O) groups is 1. The molecule has 2 atom stereocenters. The Morgan fingerprint density at radius 2 is 2.27 bits per heavy atom. The molecule has 2 saturated heterocycles. The molecule has 3 nitrogen and oxygen atoms in total. The fourth-order valence-electron chi connectivity index (χ4n) is 2.22. The summed E-state index contributed by atoms with van der Waals surface area (Å²) in [5, 5.41) is 0. The Hall–Kier alpha value is 0.0400. The van der Waals surface area contributed by atoms with E-state index in [2.05, 4.69) is 6.58 Å². The molecule has 0 spiro atoms. The number of rotatable bonds is 1. The van der Waals surface area contributed by atoms with Gasteiger partial charge in [0, 0.05) is 6.54 Å². The number of alkyl halides is 3. The van der Waals surface area contributed by atoms with Crippen molar-refractivity contribution in [2.45, 2.75) is 28.4 Å². The van der Waals surface area contributed by atoms with E-state index in [0.29, 0.717) is 13.0 Å². The maximum absolute atomic E-state index is 11.8. The number of hydrogen-bond donors (Lipinski definition) is 0. The topological polar surface area (TPSA) is 29.5 Å². The van der Waals surface area contributed by atoms with Crippen LogP contribution >= 0.6 is 34.8 Å². The quantitative estimate of drug-likeness (QED) is 0.416. The van der Waals surface area contributed by atoms with E-state index in [9.17, 15) is 4.79 Å². The molecule has 0 N–H and O–H groups in total. The summed E-state index contributed by atoms with van der Waals surface area (Å²) in [5.74, 6) is -0.369. The van der Waals surface area contributed by atoms with E-state index in [1.165, 1.54) is 0 Å². The summed E-state index contributed by atoms with van der Waals surface area (Å²) < 4.78 is 3.49. The third-order valence-corrected chi connectivity index (χ3v) is 3.50. The van der Waals surface area contributed by atoms with Gasteiger partial charge in [-0.3, -0.25) is 0 Å². The Balaban J connectivity index is 2.36. The SMILES string of the molecule is C=C[C@]12CCCN1C(C(Cl)(Cl)Cl)OC2=O. The molecule has 0 aliphatic carbocycles. The number of ether oxygens (including phenoxy) is 1. The fourth-order valence-corrected chi connectivity index (χ4v) is 2.71. The van der Waals surface area contributed by atoms with Crippen LogP contribution in [0.1, 0.15) is 12.8 Å². The lowest BCUT2D eigenvalue weighted by Gasteiger charge is -2.29. The van der Waals surface area contributed by atoms with E-state index in [-0.39, 0.29) is 5.97 Å². The Bertz CT molecular complexity index is 315. The van der Waals surface area contributed by atoms with Crippen LogP contribution in [0.3, 0.4) is 0 Å². The fraction of sp³-hybridized carbons (Fsp3) is 0.667. The van der Waals surface area contributed by atoms with Crippen LogP contribution < -0.4 is 0 Å². The predicted molar refractivity (Wildman–Crippen MR) is 59.0 cm³/mol. The lowest BCUT2D eigenvalue weighted by molar-refractivity contribution is -0.144. The molecule has 6 heteroatoms. The van der Waals surface area contributed by atoms with Gasteiger partial charge in [0.05, 0.1) is 0 Å². The molecule has 2 aliphatic heterocycles. The zero-order valence-electron chi connectivity index (χ0n) is 7.88. The van der Waals surface area contributed by atoms with Crippen molar-refractivity contribution in [2.24, 2.45) is 0 Å². The van der Waals surface area contributed by atoms with Crippen LogP contribution in [0.2, 0.25) is 0 Å². The second-order valence-electron chi connectivity index (χ2n) is 3.72. The van der Waals surface area contributed by atoms with Gasteiger partial charge in [-0.1, -0.05) is 40.9 Å². The molecule has 0 saturated carbocycles. The predicted octanol–water partition coefficient (Wildman–Crippen LogP) is 2.26. The van der Waals surface area contributed by atoms with Crippen LogP contribution in [0.25, 0.3) is 0 Å². The van der Waals surface area contributed by atoms with Crippen molar-refractivity contribution >= 4 is 40.8 Å². The Labute approximate surface area is 103 Å². The van der Waals surface area contributed by atoms with Gasteiger partial charge in [-0.25, -0.2) is 9.69 Å². The van der Waals surface area contributed by atoms with E-state index < -0.39 is 15.6 Å². The monoisotopic (exact) mass is 269 g/mol. The number of fused-ring (bicyclic) bond motifs is 1. The van der Waals surface area contributed by atoms with Crippen LogP contribution in [0.5, 0.6) is 0 Å². The van der Waals surface area contributed by atoms with E-state index in [4.69, 9.17) is 39.5 Å². The standard InChI is InChI=1S/C9H10Cl3NO2/c1-2-8-4-3-5-13(8)6(9(10,11)12)15-7(8)14/h2,6H,1,3-5H2/t6?,8-/m1/s1. The summed E-state index contributed by atoms with van der Waals surface area (Å²) in [6, 6.07) is 0. The van der Waals surface area contributed by atoms with Crippen molar-refractivity contribution in [1.82, 2.24) is 4.90 Å². The average molecular weight is 271 g/mol. The number of nitrogens with zero attached hydrogens (tertiary/aromatic N) is 1. The zero-order valence-corrected chi connectivity index (χ0v) is 10.1. The van der Waals surface area contributed by atoms with Crippen LogP contribution in [0.15, 0.2) is 12.7 Å². The van der Waals surface area contributed by atoms with E-state index in [0.717, 1.165) is 6.42 Å². The van der Waals surface area contributed by atoms with E-state index >= 15 is 0 Å². The normalized spacial score (nSPS) is 36.5. The first-order valence-electron chi connectivity index (χ1n) is 4.60. The number of carbonyl (C=O) groups excluding carboxylic acids is 1. The van der Waals surface area contributed by atoms with Crippen molar-refractivity contribution in [3.63, 3.8) is 0 Å². The summed E-state index contributed by atoms with van der Waals surface area (Å²) in [4.78, 5) is 13.5. The summed E-state index contributed by atoms with van der Waals surface area (Å²) in [5.41, 5.74) is -0.783. The molecule has 0 radical (unpaired) electrons. The largest absolute Gasteiger partial charge is 0.440 e. The third kappa shape index (κ3) is 1.57. The lowest BCUT2D eigenvalue weighted by atomic mass is 9.98. The summed E-state index contributed by atoms with van der Waals surface area (Å²) in [7, 11) is 0. The Kier molecular flexibility index (Phi) is 2.70. The Morgan fingerprint density at radius 1 is 1.60 bits per heavy atom. The molecule has 0 aromatic carbocycles. The first-order valence-corrected chi connectivity index (χ1v) is 5.73. The highest BCUT2D eigenvalue weighted by Gasteiger charge is 2.60. The molecule has 84 valence electrons. The van der Waals surface area contributed by atoms with Crippen molar-refractivity contribution in [2.75, 3.05) is 6.54 Å². The molecular formula is C9H10Cl3NO2. The van der Waals surface area contributed by atoms with Gasteiger partial charge in [0.15, 0.2) is 0 Å². The minimum atomic E-state index is -1.62. The van der Waals surface area contributed by atoms with Crippen LogP contribution in [-0.4, -0.2) is 33.0 Å². The maximum atomic E-state index is 11.8. The van der Waals surface area contributed by atoms with Crippen LogP contribution in [0, 0.1) is 0 Å².